The van der Waals surface area contributed by atoms with E-state index in [4.69, 9.17) is 11.6 Å². The van der Waals surface area contributed by atoms with Gasteiger partial charge >= 0.3 is 12.4 Å². The van der Waals surface area contributed by atoms with Gasteiger partial charge in [-0.25, -0.2) is 9.50 Å². The van der Waals surface area contributed by atoms with Crippen LogP contribution < -0.4 is 0 Å². The molecule has 162 valence electrons. The Balaban J connectivity index is 1.56. The molecule has 0 saturated heterocycles. The first-order chi connectivity index (χ1) is 14.5. The summed E-state index contributed by atoms with van der Waals surface area (Å²) in [6, 6.07) is 5.74. The van der Waals surface area contributed by atoms with Crippen molar-refractivity contribution in [2.75, 3.05) is 0 Å². The molecular formula is C19H12ClF6N5. The molecule has 12 heteroatoms. The van der Waals surface area contributed by atoms with E-state index in [9.17, 15) is 26.3 Å². The Bertz CT molecular complexity index is 1310. The van der Waals surface area contributed by atoms with Crippen molar-refractivity contribution in [1.29, 1.82) is 0 Å². The van der Waals surface area contributed by atoms with E-state index in [2.05, 4.69) is 15.2 Å². The normalized spacial score (nSPS) is 19.5. The third kappa shape index (κ3) is 3.60. The fourth-order valence-corrected chi connectivity index (χ4v) is 4.21. The van der Waals surface area contributed by atoms with E-state index in [1.165, 1.54) is 22.7 Å². The van der Waals surface area contributed by atoms with Gasteiger partial charge in [-0.1, -0.05) is 23.7 Å². The summed E-state index contributed by atoms with van der Waals surface area (Å²) in [6.07, 6.45) is -5.70. The zero-order chi connectivity index (χ0) is 22.1. The Kier molecular flexibility index (Phi) is 4.27. The van der Waals surface area contributed by atoms with Crippen molar-refractivity contribution >= 4 is 28.2 Å². The average Bonchev–Trinajstić information content (AvgIpc) is 3.17. The number of aromatic nitrogens is 5. The van der Waals surface area contributed by atoms with E-state index in [1.807, 2.05) is 0 Å². The molecule has 0 radical (unpaired) electrons. The van der Waals surface area contributed by atoms with E-state index in [0.29, 0.717) is 22.3 Å². The predicted octanol–water partition coefficient (Wildman–Crippen LogP) is 5.58. The first-order valence-corrected chi connectivity index (χ1v) is 9.53. The molecule has 1 aromatic carbocycles. The number of hydrogen-bond donors (Lipinski definition) is 0. The van der Waals surface area contributed by atoms with Gasteiger partial charge in [0.05, 0.1) is 5.52 Å². The third-order valence-corrected chi connectivity index (χ3v) is 5.53. The highest BCUT2D eigenvalue weighted by Gasteiger charge is 2.43. The smallest absolute Gasteiger partial charge is 0.255 e. The zero-order valence-electron chi connectivity index (χ0n) is 15.4. The monoisotopic (exact) mass is 459 g/mol. The fraction of sp³-hybridized carbons (Fsp3) is 0.316. The molecule has 1 saturated carbocycles. The molecule has 0 amide bonds. The van der Waals surface area contributed by atoms with Crippen LogP contribution in [0.2, 0.25) is 5.15 Å². The van der Waals surface area contributed by atoms with E-state index >= 15 is 0 Å². The molecule has 5 rings (SSSR count). The van der Waals surface area contributed by atoms with Crippen molar-refractivity contribution in [1.82, 2.24) is 24.4 Å². The molecule has 1 aliphatic rings. The first-order valence-electron chi connectivity index (χ1n) is 9.15. The van der Waals surface area contributed by atoms with Gasteiger partial charge in [-0.05, 0) is 36.0 Å². The van der Waals surface area contributed by atoms with Crippen LogP contribution in [0.15, 0.2) is 36.7 Å². The average molecular weight is 460 g/mol. The molecule has 0 N–H and O–H groups in total. The highest BCUT2D eigenvalue weighted by molar-refractivity contribution is 6.29. The molecule has 1 unspecified atom stereocenters. The maximum Gasteiger partial charge on any atom is 0.435 e. The molecule has 0 spiro atoms. The molecule has 1 fully saturated rings. The minimum atomic E-state index is -4.86. The lowest BCUT2D eigenvalue weighted by Crippen LogP contribution is -2.19. The van der Waals surface area contributed by atoms with Crippen molar-refractivity contribution in [3.05, 3.63) is 58.6 Å². The van der Waals surface area contributed by atoms with Crippen LogP contribution in [0.1, 0.15) is 35.1 Å². The minimum absolute atomic E-state index is 0.0241. The molecular weight excluding hydrogens is 448 g/mol. The number of hydrogen-bond acceptors (Lipinski definition) is 3. The van der Waals surface area contributed by atoms with Gasteiger partial charge in [-0.2, -0.15) is 36.5 Å². The Morgan fingerprint density at radius 3 is 2.52 bits per heavy atom. The first kappa shape index (κ1) is 20.1. The summed E-state index contributed by atoms with van der Waals surface area (Å²) >= 11 is 6.07. The molecule has 1 aliphatic carbocycles. The summed E-state index contributed by atoms with van der Waals surface area (Å²) in [5, 5.41) is 7.24. The highest BCUT2D eigenvalue weighted by Crippen LogP contribution is 2.56. The van der Waals surface area contributed by atoms with Crippen LogP contribution in [0.5, 0.6) is 0 Å². The number of alkyl halides is 6. The van der Waals surface area contributed by atoms with Crippen LogP contribution in [-0.2, 0) is 12.7 Å². The van der Waals surface area contributed by atoms with Crippen LogP contribution in [0.4, 0.5) is 26.3 Å². The summed E-state index contributed by atoms with van der Waals surface area (Å²) < 4.78 is 80.5. The SMILES string of the molecule is FC(F)(F)Cn1nc(C(F)(F)F)c2ccc([C@H]3CC3c3cc(Cl)nn4ccnc34)cc21. The van der Waals surface area contributed by atoms with Crippen molar-refractivity contribution in [3.63, 3.8) is 0 Å². The van der Waals surface area contributed by atoms with Crippen LogP contribution >= 0.6 is 11.6 Å². The summed E-state index contributed by atoms with van der Waals surface area (Å²) in [5.41, 5.74) is 0.540. The highest BCUT2D eigenvalue weighted by atomic mass is 35.5. The molecule has 2 atom stereocenters. The molecule has 3 aromatic heterocycles. The Hall–Kier alpha value is -2.82. The molecule has 5 nitrogen and oxygen atoms in total. The van der Waals surface area contributed by atoms with Crippen molar-refractivity contribution < 1.29 is 26.3 Å². The maximum atomic E-state index is 13.3. The predicted molar refractivity (Wildman–Crippen MR) is 98.9 cm³/mol. The minimum Gasteiger partial charge on any atom is -0.255 e. The number of imidazole rings is 1. The van der Waals surface area contributed by atoms with Gasteiger partial charge in [0, 0.05) is 23.3 Å². The van der Waals surface area contributed by atoms with Gasteiger partial charge in [0.2, 0.25) is 0 Å². The second-order valence-corrected chi connectivity index (χ2v) is 7.85. The molecule has 31 heavy (non-hydrogen) atoms. The van der Waals surface area contributed by atoms with Gasteiger partial charge in [0.1, 0.15) is 11.7 Å². The number of fused-ring (bicyclic) bond motifs is 2. The van der Waals surface area contributed by atoms with Gasteiger partial charge in [0.25, 0.3) is 0 Å². The lowest BCUT2D eigenvalue weighted by molar-refractivity contribution is -0.148. The third-order valence-electron chi connectivity index (χ3n) is 5.35. The maximum absolute atomic E-state index is 13.3. The molecule has 3 heterocycles. The lowest BCUT2D eigenvalue weighted by Gasteiger charge is -2.08. The molecule has 0 bridgehead atoms. The van der Waals surface area contributed by atoms with Crippen LogP contribution in [-0.4, -0.2) is 30.6 Å². The van der Waals surface area contributed by atoms with Crippen molar-refractivity contribution in [3.8, 4) is 0 Å². The zero-order valence-corrected chi connectivity index (χ0v) is 16.2. The van der Waals surface area contributed by atoms with Gasteiger partial charge < -0.3 is 0 Å². The van der Waals surface area contributed by atoms with E-state index < -0.39 is 24.6 Å². The van der Waals surface area contributed by atoms with Crippen molar-refractivity contribution in [2.45, 2.75) is 37.2 Å². The summed E-state index contributed by atoms with van der Waals surface area (Å²) in [4.78, 5) is 4.26. The summed E-state index contributed by atoms with van der Waals surface area (Å²) in [7, 11) is 0. The summed E-state index contributed by atoms with van der Waals surface area (Å²) in [5.74, 6) is -0.115. The van der Waals surface area contributed by atoms with Gasteiger partial charge in [-0.3, -0.25) is 4.68 Å². The van der Waals surface area contributed by atoms with E-state index in [0.717, 1.165) is 5.56 Å². The van der Waals surface area contributed by atoms with Crippen molar-refractivity contribution in [2.24, 2.45) is 0 Å². The molecule has 4 aromatic rings. The van der Waals surface area contributed by atoms with Crippen LogP contribution in [0, 0.1) is 0 Å². The topological polar surface area (TPSA) is 48.0 Å². The van der Waals surface area contributed by atoms with Crippen LogP contribution in [0.25, 0.3) is 16.6 Å². The largest absolute Gasteiger partial charge is 0.435 e. The second kappa shape index (κ2) is 6.59. The molecule has 0 aliphatic heterocycles. The standard InChI is InChI=1S/C19H12ClF6N5/c20-15-7-13(17-27-3-4-30(17)28-15)12-6-11(12)9-1-2-10-14(5-9)31(8-18(21,22)23)29-16(10)19(24,25)26/h1-5,7,11-12H,6,8H2/t11-,12?/m1/s1. The van der Waals surface area contributed by atoms with Gasteiger partial charge in [-0.15, -0.1) is 0 Å². The fourth-order valence-electron chi connectivity index (χ4n) is 4.01. The van der Waals surface area contributed by atoms with Crippen LogP contribution in [0.3, 0.4) is 0 Å². The van der Waals surface area contributed by atoms with E-state index in [1.54, 1.807) is 18.5 Å². The number of halogens is 7. The quantitative estimate of drug-likeness (QED) is 0.376. The summed E-state index contributed by atoms with van der Waals surface area (Å²) in [6.45, 7) is -1.61. The lowest BCUT2D eigenvalue weighted by atomic mass is 10.0. The second-order valence-electron chi connectivity index (χ2n) is 7.46. The number of benzene rings is 1. The Morgan fingerprint density at radius 1 is 1.03 bits per heavy atom. The Morgan fingerprint density at radius 2 is 1.81 bits per heavy atom. The van der Waals surface area contributed by atoms with Gasteiger partial charge in [0.15, 0.2) is 11.3 Å². The number of nitrogens with zero attached hydrogens (tertiary/aromatic N) is 5. The van der Waals surface area contributed by atoms with E-state index in [-0.39, 0.29) is 27.9 Å². The number of rotatable bonds is 3. The Labute approximate surface area is 175 Å².